The zero-order valence-electron chi connectivity index (χ0n) is 8.90. The first-order valence-corrected chi connectivity index (χ1v) is 5.97. The van der Waals surface area contributed by atoms with Crippen molar-refractivity contribution < 1.29 is 5.11 Å². The molecule has 4 N–H and O–H groups in total. The van der Waals surface area contributed by atoms with E-state index in [-0.39, 0.29) is 0 Å². The standard InChI is InChI=1S/C9H16N4OS/c1-9(14,6-15-2)5-11-8-4-3-7(10)12-13-8/h3-4,14H,5-6H2,1-2H3,(H2,10,12)(H,11,13). The number of rotatable bonds is 5. The largest absolute Gasteiger partial charge is 0.387 e. The van der Waals surface area contributed by atoms with E-state index in [2.05, 4.69) is 15.5 Å². The van der Waals surface area contributed by atoms with Crippen molar-refractivity contribution in [3.63, 3.8) is 0 Å². The third-order valence-electron chi connectivity index (χ3n) is 1.79. The van der Waals surface area contributed by atoms with Gasteiger partial charge in [0.15, 0.2) is 0 Å². The number of thioether (sulfide) groups is 1. The van der Waals surface area contributed by atoms with Crippen molar-refractivity contribution in [2.45, 2.75) is 12.5 Å². The molecular weight excluding hydrogens is 212 g/mol. The lowest BCUT2D eigenvalue weighted by molar-refractivity contribution is 0.0996. The van der Waals surface area contributed by atoms with Gasteiger partial charge in [-0.15, -0.1) is 10.2 Å². The van der Waals surface area contributed by atoms with Crippen LogP contribution in [-0.2, 0) is 0 Å². The van der Waals surface area contributed by atoms with Gasteiger partial charge in [0.1, 0.15) is 11.6 Å². The van der Waals surface area contributed by atoms with Crippen LogP contribution in [0.25, 0.3) is 0 Å². The van der Waals surface area contributed by atoms with Gasteiger partial charge in [-0.1, -0.05) is 0 Å². The Bertz CT molecular complexity index is 301. The first kappa shape index (κ1) is 12.1. The summed E-state index contributed by atoms with van der Waals surface area (Å²) in [5.41, 5.74) is 4.65. The van der Waals surface area contributed by atoms with Crippen LogP contribution in [0.1, 0.15) is 6.92 Å². The van der Waals surface area contributed by atoms with Gasteiger partial charge in [0.05, 0.1) is 5.60 Å². The number of aromatic nitrogens is 2. The molecule has 0 aromatic carbocycles. The monoisotopic (exact) mass is 228 g/mol. The van der Waals surface area contributed by atoms with E-state index < -0.39 is 5.60 Å². The third kappa shape index (κ3) is 4.35. The van der Waals surface area contributed by atoms with E-state index in [9.17, 15) is 5.11 Å². The van der Waals surface area contributed by atoms with Crippen molar-refractivity contribution in [1.29, 1.82) is 0 Å². The lowest BCUT2D eigenvalue weighted by Gasteiger charge is -2.22. The predicted molar refractivity (Wildman–Crippen MR) is 63.9 cm³/mol. The SMILES string of the molecule is CSCC(C)(O)CNc1ccc(N)nn1. The fourth-order valence-corrected chi connectivity index (χ4v) is 1.80. The number of nitrogens with one attached hydrogen (secondary N) is 1. The summed E-state index contributed by atoms with van der Waals surface area (Å²) in [5, 5.41) is 20.4. The maximum absolute atomic E-state index is 9.87. The Hall–Kier alpha value is -1.01. The van der Waals surface area contributed by atoms with Crippen LogP contribution in [-0.4, -0.2) is 39.5 Å². The van der Waals surface area contributed by atoms with Crippen LogP contribution < -0.4 is 11.1 Å². The number of nitrogens with two attached hydrogens (primary N) is 1. The highest BCUT2D eigenvalue weighted by molar-refractivity contribution is 7.98. The van der Waals surface area contributed by atoms with Crippen LogP contribution in [0.15, 0.2) is 12.1 Å². The molecule has 1 aromatic heterocycles. The summed E-state index contributed by atoms with van der Waals surface area (Å²) in [5.74, 6) is 1.67. The molecule has 84 valence electrons. The minimum absolute atomic E-state index is 0.386. The highest BCUT2D eigenvalue weighted by Crippen LogP contribution is 2.11. The molecule has 15 heavy (non-hydrogen) atoms. The normalized spacial score (nSPS) is 14.6. The molecule has 1 heterocycles. The van der Waals surface area contributed by atoms with Gasteiger partial charge in [0, 0.05) is 12.3 Å². The number of aliphatic hydroxyl groups is 1. The summed E-state index contributed by atoms with van der Waals surface area (Å²) in [6.45, 7) is 2.22. The van der Waals surface area contributed by atoms with Gasteiger partial charge in [-0.3, -0.25) is 0 Å². The number of nitrogen functional groups attached to an aromatic ring is 1. The Morgan fingerprint density at radius 2 is 2.27 bits per heavy atom. The zero-order valence-corrected chi connectivity index (χ0v) is 9.71. The molecule has 1 unspecified atom stereocenters. The van der Waals surface area contributed by atoms with Gasteiger partial charge >= 0.3 is 0 Å². The first-order valence-electron chi connectivity index (χ1n) is 4.58. The lowest BCUT2D eigenvalue weighted by atomic mass is 10.1. The van der Waals surface area contributed by atoms with Crippen molar-refractivity contribution >= 4 is 23.4 Å². The quantitative estimate of drug-likeness (QED) is 0.684. The number of hydrogen-bond donors (Lipinski definition) is 3. The Labute approximate surface area is 93.5 Å². The molecular formula is C9H16N4OS. The number of nitrogens with zero attached hydrogens (tertiary/aromatic N) is 2. The van der Waals surface area contributed by atoms with Crippen molar-refractivity contribution in [2.75, 3.05) is 29.6 Å². The second-order valence-corrected chi connectivity index (χ2v) is 4.49. The highest BCUT2D eigenvalue weighted by atomic mass is 32.2. The molecule has 1 rings (SSSR count). The lowest BCUT2D eigenvalue weighted by Crippen LogP contribution is -2.36. The van der Waals surface area contributed by atoms with Gasteiger partial charge in [-0.25, -0.2) is 0 Å². The molecule has 0 saturated heterocycles. The van der Waals surface area contributed by atoms with E-state index in [4.69, 9.17) is 5.73 Å². The van der Waals surface area contributed by atoms with Crippen LogP contribution in [0.5, 0.6) is 0 Å². The molecule has 0 bridgehead atoms. The zero-order chi connectivity index (χ0) is 11.3. The second-order valence-electron chi connectivity index (χ2n) is 3.63. The van der Waals surface area contributed by atoms with E-state index >= 15 is 0 Å². The second kappa shape index (κ2) is 5.18. The smallest absolute Gasteiger partial charge is 0.148 e. The Morgan fingerprint density at radius 3 is 2.80 bits per heavy atom. The molecule has 0 aliphatic heterocycles. The molecule has 0 fully saturated rings. The maximum Gasteiger partial charge on any atom is 0.148 e. The maximum atomic E-state index is 9.87. The summed E-state index contributed by atoms with van der Waals surface area (Å²) in [7, 11) is 0. The third-order valence-corrected chi connectivity index (χ3v) is 2.70. The van der Waals surface area contributed by atoms with Crippen LogP contribution in [0.2, 0.25) is 0 Å². The Morgan fingerprint density at radius 1 is 1.53 bits per heavy atom. The van der Waals surface area contributed by atoms with Gasteiger partial charge in [-0.05, 0) is 25.3 Å². The van der Waals surface area contributed by atoms with E-state index in [1.807, 2.05) is 6.26 Å². The van der Waals surface area contributed by atoms with Crippen molar-refractivity contribution in [3.05, 3.63) is 12.1 Å². The van der Waals surface area contributed by atoms with E-state index in [0.717, 1.165) is 0 Å². The molecule has 0 radical (unpaired) electrons. The van der Waals surface area contributed by atoms with Crippen LogP contribution in [0.3, 0.4) is 0 Å². The van der Waals surface area contributed by atoms with Crippen molar-refractivity contribution in [2.24, 2.45) is 0 Å². The van der Waals surface area contributed by atoms with E-state index in [1.54, 1.807) is 30.8 Å². The van der Waals surface area contributed by atoms with E-state index in [1.165, 1.54) is 0 Å². The Balaban J connectivity index is 2.46. The van der Waals surface area contributed by atoms with Crippen LogP contribution in [0, 0.1) is 0 Å². The van der Waals surface area contributed by atoms with Gasteiger partial charge in [0.25, 0.3) is 0 Å². The molecule has 0 aliphatic carbocycles. The fourth-order valence-electron chi connectivity index (χ4n) is 1.08. The summed E-state index contributed by atoms with van der Waals surface area (Å²) in [6.07, 6.45) is 1.96. The molecule has 0 aliphatic rings. The van der Waals surface area contributed by atoms with Gasteiger partial charge in [-0.2, -0.15) is 11.8 Å². The average molecular weight is 228 g/mol. The molecule has 0 amide bonds. The summed E-state index contributed by atoms with van der Waals surface area (Å²) < 4.78 is 0. The summed E-state index contributed by atoms with van der Waals surface area (Å²) in [6, 6.07) is 3.40. The molecule has 0 spiro atoms. The molecule has 1 aromatic rings. The molecule has 1 atom stereocenters. The number of hydrogen-bond acceptors (Lipinski definition) is 6. The molecule has 5 nitrogen and oxygen atoms in total. The molecule has 0 saturated carbocycles. The van der Waals surface area contributed by atoms with E-state index in [0.29, 0.717) is 23.9 Å². The predicted octanol–water partition coefficient (Wildman–Crippen LogP) is 0.585. The fraction of sp³-hybridized carbons (Fsp3) is 0.556. The van der Waals surface area contributed by atoms with Crippen LogP contribution >= 0.6 is 11.8 Å². The topological polar surface area (TPSA) is 84.1 Å². The molecule has 6 heteroatoms. The highest BCUT2D eigenvalue weighted by Gasteiger charge is 2.19. The summed E-state index contributed by atoms with van der Waals surface area (Å²) in [4.78, 5) is 0. The summed E-state index contributed by atoms with van der Waals surface area (Å²) >= 11 is 1.60. The average Bonchev–Trinajstić information content (AvgIpc) is 2.17. The Kier molecular flexibility index (Phi) is 4.16. The van der Waals surface area contributed by atoms with Crippen LogP contribution in [0.4, 0.5) is 11.6 Å². The van der Waals surface area contributed by atoms with Crippen molar-refractivity contribution in [3.8, 4) is 0 Å². The van der Waals surface area contributed by atoms with Gasteiger partial charge in [0.2, 0.25) is 0 Å². The minimum Gasteiger partial charge on any atom is -0.387 e. The van der Waals surface area contributed by atoms with Gasteiger partial charge < -0.3 is 16.2 Å². The van der Waals surface area contributed by atoms with Crippen molar-refractivity contribution in [1.82, 2.24) is 10.2 Å². The number of anilines is 2. The first-order chi connectivity index (χ1) is 7.03. The minimum atomic E-state index is -0.748.